The van der Waals surface area contributed by atoms with Gasteiger partial charge >= 0.3 is 0 Å². The molecule has 0 spiro atoms. The van der Waals surface area contributed by atoms with Crippen molar-refractivity contribution in [3.8, 4) is 0 Å². The molecule has 3 rings (SSSR count). The molecule has 132 valence electrons. The van der Waals surface area contributed by atoms with Crippen LogP contribution in [0.1, 0.15) is 27.0 Å². The second kappa shape index (κ2) is 7.18. The third kappa shape index (κ3) is 3.77. The number of nitro groups is 1. The highest BCUT2D eigenvalue weighted by Crippen LogP contribution is 2.19. The summed E-state index contributed by atoms with van der Waals surface area (Å²) >= 11 is 0. The average Bonchev–Trinajstić information content (AvgIpc) is 3.03. The summed E-state index contributed by atoms with van der Waals surface area (Å²) in [5.74, 6) is -0.335. The maximum atomic E-state index is 12.4. The first-order valence-electron chi connectivity index (χ1n) is 8.07. The maximum Gasteiger partial charge on any atom is 0.272 e. The lowest BCUT2D eigenvalue weighted by molar-refractivity contribution is -0.385. The number of carbonyl (C=O) groups is 1. The Kier molecular flexibility index (Phi) is 4.79. The van der Waals surface area contributed by atoms with Crippen molar-refractivity contribution in [1.29, 1.82) is 0 Å². The Morgan fingerprint density at radius 2 is 1.96 bits per heavy atom. The van der Waals surface area contributed by atoms with Crippen molar-refractivity contribution in [3.05, 3.63) is 87.2 Å². The minimum Gasteiger partial charge on any atom is -0.319 e. The number of amides is 1. The fourth-order valence-corrected chi connectivity index (χ4v) is 2.68. The summed E-state index contributed by atoms with van der Waals surface area (Å²) in [5, 5.41) is 17.9. The number of hydrogen-bond acceptors (Lipinski definition) is 4. The highest BCUT2D eigenvalue weighted by atomic mass is 16.6. The molecule has 26 heavy (non-hydrogen) atoms. The highest BCUT2D eigenvalue weighted by Gasteiger charge is 2.14. The van der Waals surface area contributed by atoms with Gasteiger partial charge < -0.3 is 5.32 Å². The number of nitrogens with one attached hydrogen (secondary N) is 1. The third-order valence-corrected chi connectivity index (χ3v) is 4.14. The largest absolute Gasteiger partial charge is 0.319 e. The van der Waals surface area contributed by atoms with Crippen molar-refractivity contribution in [2.24, 2.45) is 0 Å². The van der Waals surface area contributed by atoms with Gasteiger partial charge in [-0.3, -0.25) is 19.6 Å². The number of rotatable bonds is 5. The maximum absolute atomic E-state index is 12.4. The molecule has 0 atom stereocenters. The summed E-state index contributed by atoms with van der Waals surface area (Å²) in [6.07, 6.45) is 3.33. The first-order chi connectivity index (χ1) is 12.4. The quantitative estimate of drug-likeness (QED) is 0.561. The number of hydrogen-bond donors (Lipinski definition) is 1. The van der Waals surface area contributed by atoms with Gasteiger partial charge in [-0.1, -0.05) is 24.3 Å². The molecule has 7 nitrogen and oxygen atoms in total. The molecular weight excluding hydrogens is 332 g/mol. The first kappa shape index (κ1) is 17.3. The van der Waals surface area contributed by atoms with Crippen molar-refractivity contribution in [2.45, 2.75) is 20.4 Å². The molecule has 0 unspecified atom stereocenters. The second-order valence-corrected chi connectivity index (χ2v) is 6.07. The van der Waals surface area contributed by atoms with E-state index in [0.29, 0.717) is 23.4 Å². The van der Waals surface area contributed by atoms with Gasteiger partial charge in [-0.05, 0) is 37.1 Å². The molecule has 0 bridgehead atoms. The van der Waals surface area contributed by atoms with Crippen LogP contribution in [-0.2, 0) is 6.54 Å². The molecule has 0 fully saturated rings. The van der Waals surface area contributed by atoms with Crippen LogP contribution in [0.5, 0.6) is 0 Å². The Labute approximate surface area is 150 Å². The summed E-state index contributed by atoms with van der Waals surface area (Å²) in [7, 11) is 0. The van der Waals surface area contributed by atoms with Gasteiger partial charge in [0.2, 0.25) is 0 Å². The van der Waals surface area contributed by atoms with E-state index in [2.05, 4.69) is 10.4 Å². The number of aryl methyl sites for hydroxylation is 2. The van der Waals surface area contributed by atoms with Crippen molar-refractivity contribution in [2.75, 3.05) is 5.32 Å². The number of nitrogens with zero attached hydrogens (tertiary/aromatic N) is 3. The summed E-state index contributed by atoms with van der Waals surface area (Å²) in [5.41, 5.74) is 3.69. The van der Waals surface area contributed by atoms with Crippen molar-refractivity contribution in [1.82, 2.24) is 9.78 Å². The lowest BCUT2D eigenvalue weighted by atomic mass is 10.1. The van der Waals surface area contributed by atoms with Gasteiger partial charge in [0.15, 0.2) is 0 Å². The number of carbonyl (C=O) groups excluding carboxylic acids is 1. The van der Waals surface area contributed by atoms with E-state index in [4.69, 9.17) is 0 Å². The predicted molar refractivity (Wildman–Crippen MR) is 98.3 cm³/mol. The summed E-state index contributed by atoms with van der Waals surface area (Å²) < 4.78 is 1.75. The summed E-state index contributed by atoms with van der Waals surface area (Å²) in [6, 6.07) is 12.3. The first-order valence-corrected chi connectivity index (χ1v) is 8.07. The summed E-state index contributed by atoms with van der Waals surface area (Å²) in [4.78, 5) is 22.8. The molecule has 3 aromatic rings. The van der Waals surface area contributed by atoms with Crippen LogP contribution in [0.2, 0.25) is 0 Å². The Balaban J connectivity index is 1.71. The molecule has 0 aliphatic heterocycles. The SMILES string of the molecule is Cc1ccccc1Cn1cc(NC(=O)c2ccc([N+](=O)[O-])c(C)c2)cn1. The molecule has 1 amide bonds. The normalized spacial score (nSPS) is 10.5. The molecule has 0 saturated heterocycles. The van der Waals surface area contributed by atoms with E-state index >= 15 is 0 Å². The minimum atomic E-state index is -0.466. The molecule has 1 heterocycles. The zero-order chi connectivity index (χ0) is 18.7. The molecule has 1 aromatic heterocycles. The van der Waals surface area contributed by atoms with Crippen LogP contribution < -0.4 is 5.32 Å². The van der Waals surface area contributed by atoms with Crippen LogP contribution in [0.4, 0.5) is 11.4 Å². The average molecular weight is 350 g/mol. The number of anilines is 1. The van der Waals surface area contributed by atoms with Crippen LogP contribution in [0.3, 0.4) is 0 Å². The topological polar surface area (TPSA) is 90.1 Å². The molecule has 1 N–H and O–H groups in total. The van der Waals surface area contributed by atoms with Crippen LogP contribution in [0, 0.1) is 24.0 Å². The van der Waals surface area contributed by atoms with Crippen LogP contribution in [0.15, 0.2) is 54.9 Å². The monoisotopic (exact) mass is 350 g/mol. The smallest absolute Gasteiger partial charge is 0.272 e. The van der Waals surface area contributed by atoms with Gasteiger partial charge in [0.05, 0.1) is 23.4 Å². The standard InChI is InChI=1S/C19H18N4O3/c1-13-5-3-4-6-16(13)11-22-12-17(10-20-22)21-19(24)15-7-8-18(23(25)26)14(2)9-15/h3-10,12H,11H2,1-2H3,(H,21,24). The molecule has 0 saturated carbocycles. The number of nitro benzene ring substituents is 1. The zero-order valence-corrected chi connectivity index (χ0v) is 14.5. The van der Waals surface area contributed by atoms with E-state index in [1.165, 1.54) is 23.8 Å². The van der Waals surface area contributed by atoms with E-state index in [1.54, 1.807) is 24.0 Å². The van der Waals surface area contributed by atoms with Gasteiger partial charge in [0.1, 0.15) is 0 Å². The Morgan fingerprint density at radius 3 is 2.65 bits per heavy atom. The number of benzene rings is 2. The third-order valence-electron chi connectivity index (χ3n) is 4.14. The lowest BCUT2D eigenvalue weighted by Gasteiger charge is -2.06. The van der Waals surface area contributed by atoms with E-state index in [9.17, 15) is 14.9 Å². The molecule has 2 aromatic carbocycles. The lowest BCUT2D eigenvalue weighted by Crippen LogP contribution is -2.12. The van der Waals surface area contributed by atoms with E-state index in [0.717, 1.165) is 5.56 Å². The van der Waals surface area contributed by atoms with Crippen molar-refractivity contribution >= 4 is 17.3 Å². The van der Waals surface area contributed by atoms with E-state index in [-0.39, 0.29) is 11.6 Å². The fraction of sp³-hybridized carbons (Fsp3) is 0.158. The van der Waals surface area contributed by atoms with Crippen molar-refractivity contribution in [3.63, 3.8) is 0 Å². The van der Waals surface area contributed by atoms with Gasteiger partial charge in [-0.2, -0.15) is 5.10 Å². The molecule has 7 heteroatoms. The molecule has 0 radical (unpaired) electrons. The van der Waals surface area contributed by atoms with E-state index < -0.39 is 4.92 Å². The minimum absolute atomic E-state index is 0.00685. The van der Waals surface area contributed by atoms with Crippen LogP contribution in [-0.4, -0.2) is 20.6 Å². The molecule has 0 aliphatic carbocycles. The number of aromatic nitrogens is 2. The predicted octanol–water partition coefficient (Wildman–Crippen LogP) is 3.71. The van der Waals surface area contributed by atoms with Gasteiger partial charge in [0, 0.05) is 23.4 Å². The van der Waals surface area contributed by atoms with Gasteiger partial charge in [0.25, 0.3) is 11.6 Å². The van der Waals surface area contributed by atoms with Crippen LogP contribution >= 0.6 is 0 Å². The Morgan fingerprint density at radius 1 is 1.19 bits per heavy atom. The zero-order valence-electron chi connectivity index (χ0n) is 14.5. The van der Waals surface area contributed by atoms with Gasteiger partial charge in [-0.25, -0.2) is 0 Å². The van der Waals surface area contributed by atoms with Crippen molar-refractivity contribution < 1.29 is 9.72 Å². The van der Waals surface area contributed by atoms with Crippen LogP contribution in [0.25, 0.3) is 0 Å². The molecule has 0 aliphatic rings. The van der Waals surface area contributed by atoms with E-state index in [1.807, 2.05) is 31.2 Å². The fourth-order valence-electron chi connectivity index (χ4n) is 2.68. The van der Waals surface area contributed by atoms with Gasteiger partial charge in [-0.15, -0.1) is 0 Å². The highest BCUT2D eigenvalue weighted by molar-refractivity contribution is 6.04. The molecular formula is C19H18N4O3. The second-order valence-electron chi connectivity index (χ2n) is 6.07. The Hall–Kier alpha value is -3.48. The summed E-state index contributed by atoms with van der Waals surface area (Å²) in [6.45, 7) is 4.26. The Bertz CT molecular complexity index is 978.